The number of halogens is 1. The number of nitrogen functional groups attached to an aromatic ring is 1. The molecule has 3 aromatic rings. The lowest BCUT2D eigenvalue weighted by molar-refractivity contribution is -0.135. The first-order valence-corrected chi connectivity index (χ1v) is 10.1. The second-order valence-corrected chi connectivity index (χ2v) is 7.81. The second-order valence-electron chi connectivity index (χ2n) is 7.81. The molecule has 0 bridgehead atoms. The van der Waals surface area contributed by atoms with Gasteiger partial charge in [-0.1, -0.05) is 18.2 Å². The minimum atomic E-state index is 0. The summed E-state index contributed by atoms with van der Waals surface area (Å²) in [5.74, 6) is 0.403. The number of rotatable bonds is 5. The normalized spacial score (nSPS) is 17.4. The third kappa shape index (κ3) is 4.87. The molecule has 1 aliphatic heterocycles. The fourth-order valence-corrected chi connectivity index (χ4v) is 3.78. The molecule has 1 aliphatic rings. The van der Waals surface area contributed by atoms with Gasteiger partial charge in [-0.3, -0.25) is 0 Å². The van der Waals surface area contributed by atoms with Crippen molar-refractivity contribution in [2.45, 2.75) is 39.5 Å². The first-order chi connectivity index (χ1) is 14.0. The maximum atomic E-state index is 5.99. The fourth-order valence-electron chi connectivity index (χ4n) is 3.78. The SMILES string of the molecule is CC1CN(N(Cc2cccc(-c3ccc4ncnc(N)c4n3)c2)C(C)C)CCO1.Cl. The van der Waals surface area contributed by atoms with E-state index >= 15 is 0 Å². The summed E-state index contributed by atoms with van der Waals surface area (Å²) >= 11 is 0. The number of anilines is 1. The van der Waals surface area contributed by atoms with Gasteiger partial charge in [-0.15, -0.1) is 12.4 Å². The Morgan fingerprint density at radius 3 is 2.83 bits per heavy atom. The van der Waals surface area contributed by atoms with Crippen molar-refractivity contribution in [1.82, 2.24) is 25.0 Å². The van der Waals surface area contributed by atoms with Gasteiger partial charge in [0.15, 0.2) is 5.82 Å². The highest BCUT2D eigenvalue weighted by molar-refractivity contribution is 5.86. The monoisotopic (exact) mass is 428 g/mol. The van der Waals surface area contributed by atoms with Gasteiger partial charge < -0.3 is 10.5 Å². The average molecular weight is 429 g/mol. The lowest BCUT2D eigenvalue weighted by atomic mass is 10.1. The van der Waals surface area contributed by atoms with Crippen LogP contribution in [0.5, 0.6) is 0 Å². The molecule has 0 aliphatic carbocycles. The van der Waals surface area contributed by atoms with Gasteiger partial charge in [0.25, 0.3) is 0 Å². The average Bonchev–Trinajstić information content (AvgIpc) is 2.72. The number of hydrogen-bond donors (Lipinski definition) is 1. The molecule has 1 aromatic carbocycles. The van der Waals surface area contributed by atoms with Crippen LogP contribution in [-0.2, 0) is 11.3 Å². The molecule has 0 amide bonds. The van der Waals surface area contributed by atoms with Crippen LogP contribution >= 0.6 is 12.4 Å². The first-order valence-electron chi connectivity index (χ1n) is 10.1. The Kier molecular flexibility index (Phi) is 7.20. The molecule has 0 spiro atoms. The molecule has 0 saturated carbocycles. The smallest absolute Gasteiger partial charge is 0.153 e. The largest absolute Gasteiger partial charge is 0.382 e. The topological polar surface area (TPSA) is 80.4 Å². The predicted octanol–water partition coefficient (Wildman–Crippen LogP) is 3.54. The number of benzene rings is 1. The number of morpholine rings is 1. The Bertz CT molecular complexity index is 998. The van der Waals surface area contributed by atoms with Crippen LogP contribution in [0.4, 0.5) is 5.82 Å². The van der Waals surface area contributed by atoms with Crippen LogP contribution in [0.2, 0.25) is 0 Å². The number of ether oxygens (including phenoxy) is 1. The highest BCUT2D eigenvalue weighted by atomic mass is 35.5. The lowest BCUT2D eigenvalue weighted by Gasteiger charge is -2.42. The van der Waals surface area contributed by atoms with Crippen LogP contribution in [0, 0.1) is 0 Å². The Labute approximate surface area is 183 Å². The molecule has 4 rings (SSSR count). The number of hydrogen-bond acceptors (Lipinski definition) is 7. The van der Waals surface area contributed by atoms with Gasteiger partial charge in [0.05, 0.1) is 23.9 Å². The van der Waals surface area contributed by atoms with Crippen LogP contribution in [0.25, 0.3) is 22.3 Å². The summed E-state index contributed by atoms with van der Waals surface area (Å²) in [4.78, 5) is 13.0. The van der Waals surface area contributed by atoms with E-state index in [1.165, 1.54) is 11.9 Å². The van der Waals surface area contributed by atoms with E-state index in [1.807, 2.05) is 12.1 Å². The van der Waals surface area contributed by atoms with E-state index in [2.05, 4.69) is 65.0 Å². The fraction of sp³-hybridized carbons (Fsp3) is 0.409. The maximum absolute atomic E-state index is 5.99. The van der Waals surface area contributed by atoms with Crippen molar-refractivity contribution in [2.75, 3.05) is 25.4 Å². The molecular formula is C22H29ClN6O. The minimum Gasteiger partial charge on any atom is -0.382 e. The van der Waals surface area contributed by atoms with Gasteiger partial charge in [-0.2, -0.15) is 0 Å². The van der Waals surface area contributed by atoms with Crippen molar-refractivity contribution >= 4 is 29.3 Å². The third-order valence-electron chi connectivity index (χ3n) is 5.26. The van der Waals surface area contributed by atoms with Gasteiger partial charge in [-0.25, -0.2) is 25.0 Å². The number of aromatic nitrogens is 3. The molecule has 160 valence electrons. The van der Waals surface area contributed by atoms with Crippen LogP contribution in [0.3, 0.4) is 0 Å². The third-order valence-corrected chi connectivity index (χ3v) is 5.26. The molecule has 2 aromatic heterocycles. The van der Waals surface area contributed by atoms with E-state index in [4.69, 9.17) is 15.5 Å². The van der Waals surface area contributed by atoms with Crippen molar-refractivity contribution in [3.8, 4) is 11.3 Å². The quantitative estimate of drug-likeness (QED) is 0.665. The highest BCUT2D eigenvalue weighted by Gasteiger charge is 2.24. The zero-order valence-corrected chi connectivity index (χ0v) is 18.5. The summed E-state index contributed by atoms with van der Waals surface area (Å²) < 4.78 is 5.71. The highest BCUT2D eigenvalue weighted by Crippen LogP contribution is 2.24. The number of nitrogens with zero attached hydrogens (tertiary/aromatic N) is 5. The number of pyridine rings is 1. The van der Waals surface area contributed by atoms with E-state index in [0.717, 1.165) is 43.0 Å². The van der Waals surface area contributed by atoms with Crippen LogP contribution < -0.4 is 5.73 Å². The molecule has 1 fully saturated rings. The number of hydrazine groups is 1. The van der Waals surface area contributed by atoms with E-state index in [0.29, 0.717) is 17.4 Å². The van der Waals surface area contributed by atoms with Gasteiger partial charge in [0.1, 0.15) is 11.8 Å². The van der Waals surface area contributed by atoms with Crippen LogP contribution in [0.15, 0.2) is 42.7 Å². The Morgan fingerprint density at radius 1 is 1.23 bits per heavy atom. The predicted molar refractivity (Wildman–Crippen MR) is 122 cm³/mol. The minimum absolute atomic E-state index is 0. The van der Waals surface area contributed by atoms with Crippen molar-refractivity contribution in [3.05, 3.63) is 48.3 Å². The van der Waals surface area contributed by atoms with E-state index in [-0.39, 0.29) is 18.5 Å². The Hall–Kier alpha value is -2.32. The maximum Gasteiger partial charge on any atom is 0.153 e. The molecule has 1 atom stereocenters. The molecule has 3 heterocycles. The molecule has 30 heavy (non-hydrogen) atoms. The van der Waals surface area contributed by atoms with Crippen LogP contribution in [-0.4, -0.2) is 56.8 Å². The zero-order valence-electron chi connectivity index (χ0n) is 17.7. The van der Waals surface area contributed by atoms with Crippen molar-refractivity contribution in [1.29, 1.82) is 0 Å². The summed E-state index contributed by atoms with van der Waals surface area (Å²) in [6, 6.07) is 12.9. The van der Waals surface area contributed by atoms with Gasteiger partial charge in [-0.05, 0) is 44.5 Å². The Balaban J connectivity index is 0.00000256. The summed E-state index contributed by atoms with van der Waals surface area (Å²) in [5, 5.41) is 4.84. The standard InChI is InChI=1S/C22H28N6O.ClH/c1-15(2)28(27-9-10-29-16(3)12-27)13-17-5-4-6-18(11-17)19-7-8-20-21(26-19)22(23)25-14-24-20;/h4-8,11,14-16H,9-10,12-13H2,1-3H3,(H2,23,24,25);1H. The summed E-state index contributed by atoms with van der Waals surface area (Å²) in [6.07, 6.45) is 1.72. The van der Waals surface area contributed by atoms with E-state index in [1.54, 1.807) is 0 Å². The number of fused-ring (bicyclic) bond motifs is 1. The number of nitrogens with two attached hydrogens (primary N) is 1. The molecular weight excluding hydrogens is 400 g/mol. The van der Waals surface area contributed by atoms with Gasteiger partial charge >= 0.3 is 0 Å². The van der Waals surface area contributed by atoms with Crippen LogP contribution in [0.1, 0.15) is 26.3 Å². The summed E-state index contributed by atoms with van der Waals surface area (Å²) in [5.41, 5.74) is 10.6. The molecule has 0 radical (unpaired) electrons. The van der Waals surface area contributed by atoms with Crippen molar-refractivity contribution in [2.24, 2.45) is 0 Å². The zero-order chi connectivity index (χ0) is 20.4. The molecule has 2 N–H and O–H groups in total. The summed E-state index contributed by atoms with van der Waals surface area (Å²) in [7, 11) is 0. The van der Waals surface area contributed by atoms with E-state index < -0.39 is 0 Å². The molecule has 1 saturated heterocycles. The van der Waals surface area contributed by atoms with Crippen molar-refractivity contribution < 1.29 is 4.74 Å². The Morgan fingerprint density at radius 2 is 2.07 bits per heavy atom. The molecule has 7 nitrogen and oxygen atoms in total. The first kappa shape index (κ1) is 22.4. The molecule has 8 heteroatoms. The van der Waals surface area contributed by atoms with Crippen molar-refractivity contribution in [3.63, 3.8) is 0 Å². The second kappa shape index (κ2) is 9.66. The lowest BCUT2D eigenvalue weighted by Crippen LogP contribution is -2.53. The van der Waals surface area contributed by atoms with Gasteiger partial charge in [0.2, 0.25) is 0 Å². The summed E-state index contributed by atoms with van der Waals surface area (Å²) in [6.45, 7) is 10.1. The van der Waals surface area contributed by atoms with E-state index in [9.17, 15) is 0 Å². The van der Waals surface area contributed by atoms with Gasteiger partial charge in [0, 0.05) is 31.2 Å². The molecule has 1 unspecified atom stereocenters.